The summed E-state index contributed by atoms with van der Waals surface area (Å²) in [5.41, 5.74) is 0.616. The van der Waals surface area contributed by atoms with Gasteiger partial charge in [-0.05, 0) is 37.9 Å². The van der Waals surface area contributed by atoms with Crippen LogP contribution in [-0.4, -0.2) is 50.5 Å². The highest BCUT2D eigenvalue weighted by atomic mass is 16.1. The van der Waals surface area contributed by atoms with Crippen LogP contribution < -0.4 is 5.32 Å². The number of amides is 1. The second kappa shape index (κ2) is 5.21. The molecular formula is C16H19N5O. The van der Waals surface area contributed by atoms with Crippen LogP contribution in [0.4, 0.5) is 0 Å². The molecule has 0 saturated carbocycles. The van der Waals surface area contributed by atoms with Crippen molar-refractivity contribution in [2.45, 2.75) is 24.8 Å². The molecule has 2 aliphatic rings. The van der Waals surface area contributed by atoms with Crippen molar-refractivity contribution in [2.75, 3.05) is 19.6 Å². The molecule has 6 heteroatoms. The molecule has 2 saturated heterocycles. The van der Waals surface area contributed by atoms with E-state index in [1.54, 1.807) is 29.4 Å². The van der Waals surface area contributed by atoms with Crippen molar-refractivity contribution in [3.63, 3.8) is 0 Å². The largest absolute Gasteiger partial charge is 0.345 e. The Morgan fingerprint density at radius 1 is 1.27 bits per heavy atom. The first kappa shape index (κ1) is 13.5. The van der Waals surface area contributed by atoms with Crippen LogP contribution >= 0.6 is 0 Å². The molecule has 4 rings (SSSR count). The van der Waals surface area contributed by atoms with E-state index in [-0.39, 0.29) is 11.4 Å². The van der Waals surface area contributed by atoms with Gasteiger partial charge in [-0.3, -0.25) is 9.36 Å². The van der Waals surface area contributed by atoms with E-state index >= 15 is 0 Å². The van der Waals surface area contributed by atoms with E-state index in [9.17, 15) is 4.79 Å². The second-order valence-corrected chi connectivity index (χ2v) is 6.24. The van der Waals surface area contributed by atoms with Gasteiger partial charge in [0.1, 0.15) is 12.1 Å². The van der Waals surface area contributed by atoms with Crippen molar-refractivity contribution in [1.29, 1.82) is 0 Å². The summed E-state index contributed by atoms with van der Waals surface area (Å²) in [6, 6.07) is 3.57. The van der Waals surface area contributed by atoms with Crippen LogP contribution in [0, 0.1) is 0 Å². The fourth-order valence-electron chi connectivity index (χ4n) is 3.57. The third kappa shape index (κ3) is 2.39. The normalized spacial score (nSPS) is 26.8. The highest BCUT2D eigenvalue weighted by molar-refractivity contribution is 5.95. The average molecular weight is 297 g/mol. The number of piperidine rings is 1. The van der Waals surface area contributed by atoms with E-state index in [1.807, 2.05) is 12.3 Å². The smallest absolute Gasteiger partial charge is 0.251 e. The van der Waals surface area contributed by atoms with Gasteiger partial charge in [0.2, 0.25) is 0 Å². The standard InChI is InChI=1S/C16H19N5O/c22-15(19-16-3-1-7-20(11-16)8-4-16)13-2-5-18-14(10-13)21-9-6-17-12-21/h2,5-6,9-10,12H,1,3-4,7-8,11H2,(H,19,22). The molecule has 0 spiro atoms. The van der Waals surface area contributed by atoms with Crippen molar-refractivity contribution < 1.29 is 4.79 Å². The number of hydrogen-bond donors (Lipinski definition) is 1. The molecule has 22 heavy (non-hydrogen) atoms. The topological polar surface area (TPSA) is 63.1 Å². The molecule has 2 aromatic heterocycles. The SMILES string of the molecule is O=C(NC12CCCN(CC1)C2)c1ccnc(-n2ccnc2)c1. The van der Waals surface area contributed by atoms with Crippen molar-refractivity contribution in [3.8, 4) is 5.82 Å². The summed E-state index contributed by atoms with van der Waals surface area (Å²) in [4.78, 5) is 23.4. The summed E-state index contributed by atoms with van der Waals surface area (Å²) < 4.78 is 1.80. The fourth-order valence-corrected chi connectivity index (χ4v) is 3.57. The Kier molecular flexibility index (Phi) is 3.18. The summed E-state index contributed by atoms with van der Waals surface area (Å²) in [6.45, 7) is 3.24. The Bertz CT molecular complexity index is 680. The molecule has 2 aliphatic heterocycles. The second-order valence-electron chi connectivity index (χ2n) is 6.24. The van der Waals surface area contributed by atoms with Crippen LogP contribution in [0.25, 0.3) is 5.82 Å². The van der Waals surface area contributed by atoms with Gasteiger partial charge in [-0.15, -0.1) is 0 Å². The minimum absolute atomic E-state index is 0.00693. The van der Waals surface area contributed by atoms with Crippen LogP contribution in [0.5, 0.6) is 0 Å². The number of carbonyl (C=O) groups excluding carboxylic acids is 1. The molecule has 0 aliphatic carbocycles. The van der Waals surface area contributed by atoms with Crippen LogP contribution in [0.1, 0.15) is 29.6 Å². The van der Waals surface area contributed by atoms with E-state index in [2.05, 4.69) is 20.2 Å². The summed E-state index contributed by atoms with van der Waals surface area (Å²) >= 11 is 0. The zero-order valence-electron chi connectivity index (χ0n) is 12.4. The molecule has 2 aromatic rings. The van der Waals surface area contributed by atoms with E-state index in [1.165, 1.54) is 0 Å². The molecule has 1 N–H and O–H groups in total. The molecule has 0 aromatic carbocycles. The fraction of sp³-hybridized carbons (Fsp3) is 0.438. The molecule has 2 bridgehead atoms. The first-order valence-corrected chi connectivity index (χ1v) is 7.73. The van der Waals surface area contributed by atoms with Gasteiger partial charge in [0.25, 0.3) is 5.91 Å². The Labute approximate surface area is 129 Å². The molecule has 2 unspecified atom stereocenters. The first-order valence-electron chi connectivity index (χ1n) is 7.73. The Morgan fingerprint density at radius 2 is 2.23 bits per heavy atom. The lowest BCUT2D eigenvalue weighted by atomic mass is 9.90. The summed E-state index contributed by atoms with van der Waals surface area (Å²) in [6.07, 6.45) is 10.2. The summed E-state index contributed by atoms with van der Waals surface area (Å²) in [7, 11) is 0. The van der Waals surface area contributed by atoms with E-state index < -0.39 is 0 Å². The maximum absolute atomic E-state index is 12.6. The predicted molar refractivity (Wildman–Crippen MR) is 81.8 cm³/mol. The van der Waals surface area contributed by atoms with Gasteiger partial charge >= 0.3 is 0 Å². The number of hydrogen-bond acceptors (Lipinski definition) is 4. The number of imidazole rings is 1. The molecular weight excluding hydrogens is 278 g/mol. The highest BCUT2D eigenvalue weighted by Gasteiger charge is 2.41. The van der Waals surface area contributed by atoms with Gasteiger partial charge in [0.05, 0.1) is 5.54 Å². The lowest BCUT2D eigenvalue weighted by Gasteiger charge is -2.34. The number of nitrogens with one attached hydrogen (secondary N) is 1. The van der Waals surface area contributed by atoms with Crippen LogP contribution in [-0.2, 0) is 0 Å². The van der Waals surface area contributed by atoms with Crippen molar-refractivity contribution in [1.82, 2.24) is 24.8 Å². The molecule has 114 valence electrons. The number of pyridine rings is 1. The molecule has 0 radical (unpaired) electrons. The van der Waals surface area contributed by atoms with Gasteiger partial charge in [-0.2, -0.15) is 0 Å². The number of carbonyl (C=O) groups is 1. The average Bonchev–Trinajstić information content (AvgIpc) is 3.16. The van der Waals surface area contributed by atoms with E-state index in [0.717, 1.165) is 38.9 Å². The van der Waals surface area contributed by atoms with E-state index in [0.29, 0.717) is 11.4 Å². The monoisotopic (exact) mass is 297 g/mol. The zero-order chi connectivity index (χ0) is 15.0. The Morgan fingerprint density at radius 3 is 3.09 bits per heavy atom. The van der Waals surface area contributed by atoms with Crippen molar-refractivity contribution in [2.24, 2.45) is 0 Å². The lowest BCUT2D eigenvalue weighted by molar-refractivity contribution is 0.0877. The van der Waals surface area contributed by atoms with Crippen LogP contribution in [0.2, 0.25) is 0 Å². The number of nitrogens with zero attached hydrogens (tertiary/aromatic N) is 4. The van der Waals surface area contributed by atoms with Crippen molar-refractivity contribution >= 4 is 5.91 Å². The van der Waals surface area contributed by atoms with Crippen LogP contribution in [0.15, 0.2) is 37.1 Å². The number of rotatable bonds is 3. The molecule has 6 nitrogen and oxygen atoms in total. The van der Waals surface area contributed by atoms with E-state index in [4.69, 9.17) is 0 Å². The summed E-state index contributed by atoms with van der Waals surface area (Å²) in [5, 5.41) is 3.28. The third-order valence-electron chi connectivity index (χ3n) is 4.72. The predicted octanol–water partition coefficient (Wildman–Crippen LogP) is 1.24. The Hall–Kier alpha value is -2.21. The number of fused-ring (bicyclic) bond motifs is 2. The molecule has 2 fully saturated rings. The lowest BCUT2D eigenvalue weighted by Crippen LogP contribution is -2.52. The minimum Gasteiger partial charge on any atom is -0.345 e. The van der Waals surface area contributed by atoms with Gasteiger partial charge in [-0.25, -0.2) is 9.97 Å². The van der Waals surface area contributed by atoms with Gasteiger partial charge < -0.3 is 10.2 Å². The van der Waals surface area contributed by atoms with Gasteiger partial charge in [0, 0.05) is 37.2 Å². The zero-order valence-corrected chi connectivity index (χ0v) is 12.4. The third-order valence-corrected chi connectivity index (χ3v) is 4.72. The van der Waals surface area contributed by atoms with Crippen LogP contribution in [0.3, 0.4) is 0 Å². The highest BCUT2D eigenvalue weighted by Crippen LogP contribution is 2.31. The quantitative estimate of drug-likeness (QED) is 0.926. The maximum Gasteiger partial charge on any atom is 0.251 e. The Balaban J connectivity index is 1.54. The minimum atomic E-state index is -0.0340. The molecule has 2 atom stereocenters. The van der Waals surface area contributed by atoms with Crippen molar-refractivity contribution in [3.05, 3.63) is 42.6 Å². The molecule has 4 heterocycles. The molecule has 1 amide bonds. The summed E-state index contributed by atoms with van der Waals surface area (Å²) in [5.74, 6) is 0.701. The first-order chi connectivity index (χ1) is 10.7. The number of aromatic nitrogens is 3. The van der Waals surface area contributed by atoms with Gasteiger partial charge in [0.15, 0.2) is 0 Å². The maximum atomic E-state index is 12.6. The van der Waals surface area contributed by atoms with Gasteiger partial charge in [-0.1, -0.05) is 0 Å².